The number of benzene rings is 2. The lowest BCUT2D eigenvalue weighted by molar-refractivity contribution is 1.48. The van der Waals surface area contributed by atoms with Gasteiger partial charge in [0.15, 0.2) is 0 Å². The van der Waals surface area contributed by atoms with Crippen molar-refractivity contribution in [2.75, 3.05) is 5.33 Å². The number of hydrogen-bond acceptors (Lipinski definition) is 0. The Morgan fingerprint density at radius 3 is 2.73 bits per heavy atom. The van der Waals surface area contributed by atoms with E-state index in [4.69, 9.17) is 0 Å². The van der Waals surface area contributed by atoms with Crippen LogP contribution >= 0.6 is 15.9 Å². The van der Waals surface area contributed by atoms with E-state index in [1.165, 1.54) is 21.9 Å². The van der Waals surface area contributed by atoms with E-state index in [1.54, 1.807) is 0 Å². The molecule has 0 heterocycles. The maximum Gasteiger partial charge on any atom is 0.0215 e. The molecule has 0 spiro atoms. The molecule has 0 aliphatic carbocycles. The zero-order chi connectivity index (χ0) is 10.7. The molecule has 0 aliphatic heterocycles. The van der Waals surface area contributed by atoms with Gasteiger partial charge in [-0.1, -0.05) is 64.5 Å². The van der Waals surface area contributed by atoms with Crippen molar-refractivity contribution in [2.24, 2.45) is 0 Å². The number of allylic oxidation sites excluding steroid dienone is 1. The molecule has 0 bridgehead atoms. The van der Waals surface area contributed by atoms with E-state index in [9.17, 15) is 0 Å². The lowest BCUT2D eigenvalue weighted by Gasteiger charge is -2.05. The zero-order valence-corrected chi connectivity index (χ0v) is 10.3. The number of hydrogen-bond donors (Lipinski definition) is 0. The minimum Gasteiger partial charge on any atom is -0.0883 e. The highest BCUT2D eigenvalue weighted by Gasteiger charge is 2.00. The van der Waals surface area contributed by atoms with Crippen LogP contribution in [0.3, 0.4) is 0 Å². The number of alkyl halides is 1. The molecule has 2 aromatic carbocycles. The van der Waals surface area contributed by atoms with Crippen molar-refractivity contribution >= 4 is 32.8 Å². The van der Waals surface area contributed by atoms with Crippen LogP contribution in [0.2, 0.25) is 0 Å². The van der Waals surface area contributed by atoms with Gasteiger partial charge in [-0.3, -0.25) is 0 Å². The van der Waals surface area contributed by atoms with Crippen LogP contribution in [-0.2, 0) is 0 Å². The van der Waals surface area contributed by atoms with E-state index in [0.717, 1.165) is 5.33 Å². The van der Waals surface area contributed by atoms with Crippen molar-refractivity contribution in [1.82, 2.24) is 0 Å². The maximum atomic E-state index is 3.41. The third-order valence-corrected chi connectivity index (χ3v) is 2.94. The van der Waals surface area contributed by atoms with Gasteiger partial charge in [0.05, 0.1) is 0 Å². The second-order valence-electron chi connectivity index (χ2n) is 3.57. The van der Waals surface area contributed by atoms with Gasteiger partial charge in [-0.05, 0) is 28.8 Å². The zero-order valence-electron chi connectivity index (χ0n) is 8.70. The lowest BCUT2D eigenvalue weighted by atomic mass is 9.99. The van der Waals surface area contributed by atoms with Gasteiger partial charge in [0.25, 0.3) is 0 Å². The molecule has 0 N–H and O–H groups in total. The van der Waals surface area contributed by atoms with Gasteiger partial charge in [-0.25, -0.2) is 0 Å². The minimum atomic E-state index is 0.898. The number of aryl methyl sites for hydroxylation is 1. The average Bonchev–Trinajstić information content (AvgIpc) is 2.28. The first kappa shape index (κ1) is 10.4. The van der Waals surface area contributed by atoms with Crippen molar-refractivity contribution in [1.29, 1.82) is 0 Å². The Morgan fingerprint density at radius 1 is 1.13 bits per heavy atom. The minimum absolute atomic E-state index is 0.898. The summed E-state index contributed by atoms with van der Waals surface area (Å²) in [5.41, 5.74) is 2.65. The second-order valence-corrected chi connectivity index (χ2v) is 4.22. The van der Waals surface area contributed by atoms with Crippen LogP contribution in [0.5, 0.6) is 0 Å². The molecule has 0 saturated carbocycles. The fourth-order valence-corrected chi connectivity index (χ4v) is 1.98. The average molecular weight is 261 g/mol. The molecule has 0 fully saturated rings. The van der Waals surface area contributed by atoms with Crippen molar-refractivity contribution in [3.05, 3.63) is 53.6 Å². The molecule has 0 aliphatic rings. The summed E-state index contributed by atoms with van der Waals surface area (Å²) in [6.07, 6.45) is 4.32. The normalized spacial score (nSPS) is 11.3. The van der Waals surface area contributed by atoms with Gasteiger partial charge >= 0.3 is 0 Å². The Balaban J connectivity index is 2.68. The van der Waals surface area contributed by atoms with E-state index in [2.05, 4.69) is 71.4 Å². The third-order valence-electron chi connectivity index (χ3n) is 2.56. The largest absolute Gasteiger partial charge is 0.0883 e. The Hall–Kier alpha value is -1.08. The Morgan fingerprint density at radius 2 is 1.93 bits per heavy atom. The first-order chi connectivity index (χ1) is 7.33. The van der Waals surface area contributed by atoms with Gasteiger partial charge in [-0.2, -0.15) is 0 Å². The highest BCUT2D eigenvalue weighted by Crippen LogP contribution is 2.23. The van der Waals surface area contributed by atoms with Crippen molar-refractivity contribution in [3.8, 4) is 0 Å². The van der Waals surface area contributed by atoms with E-state index >= 15 is 0 Å². The summed E-state index contributed by atoms with van der Waals surface area (Å²) in [7, 11) is 0. The van der Waals surface area contributed by atoms with E-state index in [-0.39, 0.29) is 0 Å². The molecular weight excluding hydrogens is 248 g/mol. The van der Waals surface area contributed by atoms with Crippen molar-refractivity contribution in [2.45, 2.75) is 6.92 Å². The van der Waals surface area contributed by atoms with Crippen LogP contribution in [0.1, 0.15) is 11.1 Å². The maximum absolute atomic E-state index is 3.41. The van der Waals surface area contributed by atoms with Gasteiger partial charge in [0, 0.05) is 5.33 Å². The molecule has 0 unspecified atom stereocenters. The predicted molar refractivity (Wildman–Crippen MR) is 71.5 cm³/mol. The highest BCUT2D eigenvalue weighted by molar-refractivity contribution is 9.09. The lowest BCUT2D eigenvalue weighted by Crippen LogP contribution is -1.83. The molecule has 1 heteroatoms. The molecule has 76 valence electrons. The van der Waals surface area contributed by atoms with Crippen LogP contribution in [0.25, 0.3) is 16.8 Å². The van der Waals surface area contributed by atoms with Crippen LogP contribution in [0.4, 0.5) is 0 Å². The molecule has 0 radical (unpaired) electrons. The molecule has 2 aromatic rings. The molecule has 0 saturated heterocycles. The Kier molecular flexibility index (Phi) is 3.22. The number of rotatable bonds is 2. The summed E-state index contributed by atoms with van der Waals surface area (Å²) in [5.74, 6) is 0. The van der Waals surface area contributed by atoms with Crippen LogP contribution < -0.4 is 0 Å². The van der Waals surface area contributed by atoms with E-state index in [1.807, 2.05) is 0 Å². The van der Waals surface area contributed by atoms with Gasteiger partial charge in [0.1, 0.15) is 0 Å². The fraction of sp³-hybridized carbons (Fsp3) is 0.143. The standard InChI is InChI=1S/C14H13Br/c1-11-8-9-12-5-2-3-6-14(12)13(11)7-4-10-15/h2-9H,10H2,1H3. The molecule has 0 aromatic heterocycles. The van der Waals surface area contributed by atoms with Crippen LogP contribution in [0, 0.1) is 6.92 Å². The summed E-state index contributed by atoms with van der Waals surface area (Å²) in [6, 6.07) is 12.9. The summed E-state index contributed by atoms with van der Waals surface area (Å²) >= 11 is 3.41. The monoisotopic (exact) mass is 260 g/mol. The van der Waals surface area contributed by atoms with E-state index < -0.39 is 0 Å². The smallest absolute Gasteiger partial charge is 0.0215 e. The second kappa shape index (κ2) is 4.63. The highest BCUT2D eigenvalue weighted by atomic mass is 79.9. The van der Waals surface area contributed by atoms with Gasteiger partial charge in [-0.15, -0.1) is 0 Å². The summed E-state index contributed by atoms with van der Waals surface area (Å²) in [4.78, 5) is 0. The van der Waals surface area contributed by atoms with E-state index in [0.29, 0.717) is 0 Å². The molecule has 0 amide bonds. The topological polar surface area (TPSA) is 0 Å². The van der Waals surface area contributed by atoms with Crippen molar-refractivity contribution in [3.63, 3.8) is 0 Å². The van der Waals surface area contributed by atoms with Crippen LogP contribution in [0.15, 0.2) is 42.5 Å². The number of halogens is 1. The summed E-state index contributed by atoms with van der Waals surface area (Å²) in [6.45, 7) is 2.15. The Bertz CT molecular complexity index is 498. The molecule has 15 heavy (non-hydrogen) atoms. The molecule has 0 atom stereocenters. The fourth-order valence-electron chi connectivity index (χ4n) is 1.79. The van der Waals surface area contributed by atoms with Gasteiger partial charge in [0.2, 0.25) is 0 Å². The summed E-state index contributed by atoms with van der Waals surface area (Å²) in [5, 5.41) is 3.53. The van der Waals surface area contributed by atoms with Crippen molar-refractivity contribution < 1.29 is 0 Å². The molecule has 0 nitrogen and oxygen atoms in total. The molecular formula is C14H13Br. The first-order valence-corrected chi connectivity index (χ1v) is 6.16. The Labute approximate surface area is 98.8 Å². The third kappa shape index (κ3) is 2.13. The molecule has 2 rings (SSSR count). The SMILES string of the molecule is Cc1ccc2ccccc2c1C=CCBr. The summed E-state index contributed by atoms with van der Waals surface area (Å²) < 4.78 is 0. The van der Waals surface area contributed by atoms with Gasteiger partial charge < -0.3 is 0 Å². The number of fused-ring (bicyclic) bond motifs is 1. The first-order valence-electron chi connectivity index (χ1n) is 5.04. The quantitative estimate of drug-likeness (QED) is 0.695. The predicted octanol–water partition coefficient (Wildman–Crippen LogP) is 4.56. The van der Waals surface area contributed by atoms with Crippen LogP contribution in [-0.4, -0.2) is 5.33 Å².